The number of hydrogen-bond acceptors (Lipinski definition) is 0. The Bertz CT molecular complexity index is 535. The lowest BCUT2D eigenvalue weighted by molar-refractivity contribution is 0.536. The van der Waals surface area contributed by atoms with Crippen LogP contribution in [0.4, 0.5) is 0 Å². The van der Waals surface area contributed by atoms with Gasteiger partial charge in [0.1, 0.15) is 0 Å². The number of fused-ring (bicyclic) bond motifs is 1. The standard InChI is InChI=1S/C22H31/c1-3-5-6-7-8-9-10-14-19(4-2)21-18-13-16-20-15-11-12-17-22(20)21/h11-13,15-19H,2-10,14H2,1H3. The van der Waals surface area contributed by atoms with Crippen LogP contribution in [-0.4, -0.2) is 0 Å². The van der Waals surface area contributed by atoms with Crippen molar-refractivity contribution in [3.05, 3.63) is 55.0 Å². The summed E-state index contributed by atoms with van der Waals surface area (Å²) in [6, 6.07) is 15.5. The summed E-state index contributed by atoms with van der Waals surface area (Å²) in [5.41, 5.74) is 1.50. The van der Waals surface area contributed by atoms with Gasteiger partial charge in [0, 0.05) is 0 Å². The first-order chi connectivity index (χ1) is 10.9. The van der Waals surface area contributed by atoms with Gasteiger partial charge in [-0.15, -0.1) is 0 Å². The normalized spacial score (nSPS) is 12.6. The van der Waals surface area contributed by atoms with E-state index < -0.39 is 0 Å². The Morgan fingerprint density at radius 2 is 1.50 bits per heavy atom. The molecule has 1 atom stereocenters. The molecule has 0 aliphatic heterocycles. The van der Waals surface area contributed by atoms with Crippen molar-refractivity contribution in [2.75, 3.05) is 0 Å². The second kappa shape index (κ2) is 9.66. The SMILES string of the molecule is [CH2]CC(CCCCCCCCC)c1cccc2ccccc12. The molecule has 0 aromatic heterocycles. The molecule has 1 unspecified atom stereocenters. The van der Waals surface area contributed by atoms with Gasteiger partial charge in [-0.2, -0.15) is 0 Å². The number of unbranched alkanes of at least 4 members (excludes halogenated alkanes) is 6. The Morgan fingerprint density at radius 1 is 0.818 bits per heavy atom. The second-order valence-electron chi connectivity index (χ2n) is 6.46. The second-order valence-corrected chi connectivity index (χ2v) is 6.46. The van der Waals surface area contributed by atoms with Gasteiger partial charge in [0.2, 0.25) is 0 Å². The Hall–Kier alpha value is -1.30. The summed E-state index contributed by atoms with van der Waals surface area (Å²) in [7, 11) is 0. The van der Waals surface area contributed by atoms with Crippen LogP contribution in [0.2, 0.25) is 0 Å². The molecule has 0 aliphatic rings. The predicted octanol–water partition coefficient (Wildman–Crippen LogP) is 7.29. The molecule has 0 nitrogen and oxygen atoms in total. The van der Waals surface area contributed by atoms with Crippen molar-refractivity contribution in [1.29, 1.82) is 0 Å². The van der Waals surface area contributed by atoms with E-state index in [0.717, 1.165) is 6.42 Å². The molecule has 2 aromatic carbocycles. The quantitative estimate of drug-likeness (QED) is 0.404. The summed E-state index contributed by atoms with van der Waals surface area (Å²) < 4.78 is 0. The van der Waals surface area contributed by atoms with Crippen LogP contribution < -0.4 is 0 Å². The van der Waals surface area contributed by atoms with E-state index in [-0.39, 0.29) is 0 Å². The van der Waals surface area contributed by atoms with Gasteiger partial charge in [0.25, 0.3) is 0 Å². The van der Waals surface area contributed by atoms with Gasteiger partial charge in [-0.25, -0.2) is 0 Å². The van der Waals surface area contributed by atoms with Crippen LogP contribution in [0, 0.1) is 6.92 Å². The Balaban J connectivity index is 1.88. The molecular weight excluding hydrogens is 264 g/mol. The summed E-state index contributed by atoms with van der Waals surface area (Å²) in [5, 5.41) is 2.78. The minimum Gasteiger partial charge on any atom is -0.0654 e. The van der Waals surface area contributed by atoms with E-state index in [1.165, 1.54) is 67.7 Å². The van der Waals surface area contributed by atoms with E-state index in [1.807, 2.05) is 0 Å². The molecule has 0 fully saturated rings. The van der Waals surface area contributed by atoms with E-state index >= 15 is 0 Å². The molecule has 2 rings (SSSR count). The first-order valence-corrected chi connectivity index (χ1v) is 9.13. The number of benzene rings is 2. The van der Waals surface area contributed by atoms with Crippen LogP contribution in [0.15, 0.2) is 42.5 Å². The first-order valence-electron chi connectivity index (χ1n) is 9.13. The van der Waals surface area contributed by atoms with Gasteiger partial charge < -0.3 is 0 Å². The molecule has 1 radical (unpaired) electrons. The molecule has 0 aliphatic carbocycles. The fraction of sp³-hybridized carbons (Fsp3) is 0.500. The minimum atomic E-state index is 0.613. The molecule has 0 N–H and O–H groups in total. The lowest BCUT2D eigenvalue weighted by atomic mass is 9.87. The summed E-state index contributed by atoms with van der Waals surface area (Å²) in [5.74, 6) is 0.613. The van der Waals surface area contributed by atoms with Crippen molar-refractivity contribution in [1.82, 2.24) is 0 Å². The van der Waals surface area contributed by atoms with E-state index in [9.17, 15) is 0 Å². The third-order valence-electron chi connectivity index (χ3n) is 4.77. The third kappa shape index (κ3) is 4.87. The number of hydrogen-bond donors (Lipinski definition) is 0. The van der Waals surface area contributed by atoms with Crippen LogP contribution in [0.25, 0.3) is 10.8 Å². The van der Waals surface area contributed by atoms with Gasteiger partial charge in [-0.3, -0.25) is 0 Å². The van der Waals surface area contributed by atoms with Crippen LogP contribution in [0.3, 0.4) is 0 Å². The van der Waals surface area contributed by atoms with Crippen molar-refractivity contribution in [3.63, 3.8) is 0 Å². The zero-order chi connectivity index (χ0) is 15.6. The first kappa shape index (κ1) is 17.1. The summed E-state index contributed by atoms with van der Waals surface area (Å²) >= 11 is 0. The highest BCUT2D eigenvalue weighted by Gasteiger charge is 2.12. The Kier molecular flexibility index (Phi) is 7.49. The summed E-state index contributed by atoms with van der Waals surface area (Å²) in [6.07, 6.45) is 12.0. The zero-order valence-electron chi connectivity index (χ0n) is 14.2. The Labute approximate surface area is 136 Å². The van der Waals surface area contributed by atoms with Crippen LogP contribution in [0.1, 0.15) is 76.2 Å². The molecule has 2 aromatic rings. The van der Waals surface area contributed by atoms with Gasteiger partial charge in [-0.1, -0.05) is 101 Å². The van der Waals surface area contributed by atoms with E-state index in [1.54, 1.807) is 0 Å². The van der Waals surface area contributed by atoms with Gasteiger partial charge in [0.15, 0.2) is 0 Å². The molecule has 0 amide bonds. The van der Waals surface area contributed by atoms with Crippen molar-refractivity contribution in [2.24, 2.45) is 0 Å². The number of rotatable bonds is 10. The van der Waals surface area contributed by atoms with Crippen molar-refractivity contribution < 1.29 is 0 Å². The minimum absolute atomic E-state index is 0.613. The van der Waals surface area contributed by atoms with Gasteiger partial charge >= 0.3 is 0 Å². The fourth-order valence-electron chi connectivity index (χ4n) is 3.41. The zero-order valence-corrected chi connectivity index (χ0v) is 14.2. The molecule has 0 heterocycles. The van der Waals surface area contributed by atoms with Crippen molar-refractivity contribution in [3.8, 4) is 0 Å². The highest BCUT2D eigenvalue weighted by molar-refractivity contribution is 5.86. The summed E-state index contributed by atoms with van der Waals surface area (Å²) in [6.45, 7) is 6.49. The summed E-state index contributed by atoms with van der Waals surface area (Å²) in [4.78, 5) is 0. The van der Waals surface area contributed by atoms with E-state index in [0.29, 0.717) is 5.92 Å². The van der Waals surface area contributed by atoms with Crippen molar-refractivity contribution >= 4 is 10.8 Å². The maximum Gasteiger partial charge on any atom is -0.0149 e. The maximum atomic E-state index is 4.21. The molecule has 22 heavy (non-hydrogen) atoms. The molecule has 119 valence electrons. The third-order valence-corrected chi connectivity index (χ3v) is 4.77. The monoisotopic (exact) mass is 295 g/mol. The highest BCUT2D eigenvalue weighted by atomic mass is 14.2. The van der Waals surface area contributed by atoms with Crippen LogP contribution in [-0.2, 0) is 0 Å². The molecule has 0 heteroatoms. The highest BCUT2D eigenvalue weighted by Crippen LogP contribution is 2.31. The average Bonchev–Trinajstić information content (AvgIpc) is 2.57. The topological polar surface area (TPSA) is 0 Å². The molecule has 0 bridgehead atoms. The molecule has 0 saturated heterocycles. The fourth-order valence-corrected chi connectivity index (χ4v) is 3.41. The lowest BCUT2D eigenvalue weighted by Gasteiger charge is -2.17. The lowest BCUT2D eigenvalue weighted by Crippen LogP contribution is -1.99. The average molecular weight is 295 g/mol. The van der Waals surface area contributed by atoms with Gasteiger partial charge in [0.05, 0.1) is 0 Å². The molecule has 0 saturated carbocycles. The van der Waals surface area contributed by atoms with Crippen LogP contribution >= 0.6 is 0 Å². The van der Waals surface area contributed by atoms with E-state index in [2.05, 4.69) is 56.3 Å². The van der Waals surface area contributed by atoms with Gasteiger partial charge in [-0.05, 0) is 35.1 Å². The Morgan fingerprint density at radius 3 is 2.27 bits per heavy atom. The maximum absolute atomic E-state index is 4.21. The molecular formula is C22H31. The van der Waals surface area contributed by atoms with Crippen LogP contribution in [0.5, 0.6) is 0 Å². The predicted molar refractivity (Wildman–Crippen MR) is 99.3 cm³/mol. The smallest absolute Gasteiger partial charge is 0.0149 e. The molecule has 0 spiro atoms. The van der Waals surface area contributed by atoms with E-state index in [4.69, 9.17) is 0 Å². The van der Waals surface area contributed by atoms with Crippen molar-refractivity contribution in [2.45, 2.75) is 70.6 Å². The largest absolute Gasteiger partial charge is 0.0654 e.